The number of carbonyl (C=O) groups is 1. The van der Waals surface area contributed by atoms with Crippen LogP contribution in [0.2, 0.25) is 0 Å². The first-order valence-corrected chi connectivity index (χ1v) is 5.26. The lowest BCUT2D eigenvalue weighted by atomic mass is 10.1. The number of hydrogen-bond donors (Lipinski definition) is 2. The predicted molar refractivity (Wildman–Crippen MR) is 63.9 cm³/mol. The fourth-order valence-corrected chi connectivity index (χ4v) is 1.15. The van der Waals surface area contributed by atoms with Gasteiger partial charge in [-0.2, -0.15) is 0 Å². The summed E-state index contributed by atoms with van der Waals surface area (Å²) in [6.07, 6.45) is 0.883. The van der Waals surface area contributed by atoms with Gasteiger partial charge in [0.1, 0.15) is 0 Å². The number of benzene rings is 1. The summed E-state index contributed by atoms with van der Waals surface area (Å²) in [4.78, 5) is 11.3. The number of rotatable bonds is 3. The molecule has 84 valence electrons. The van der Waals surface area contributed by atoms with Crippen LogP contribution < -0.4 is 5.32 Å². The summed E-state index contributed by atoms with van der Waals surface area (Å²) in [6, 6.07) is 7.37. The van der Waals surface area contributed by atoms with Crippen LogP contribution in [0.1, 0.15) is 25.3 Å². The number of aliphatic hydroxyl groups excluding tert-OH is 1. The van der Waals surface area contributed by atoms with E-state index in [1.807, 2.05) is 24.3 Å². The van der Waals surface area contributed by atoms with Crippen LogP contribution in [0.15, 0.2) is 24.3 Å². The van der Waals surface area contributed by atoms with E-state index < -0.39 is 0 Å². The van der Waals surface area contributed by atoms with Crippen LogP contribution in [-0.4, -0.2) is 17.6 Å². The van der Waals surface area contributed by atoms with Gasteiger partial charge in [0.15, 0.2) is 0 Å². The summed E-state index contributed by atoms with van der Waals surface area (Å²) < 4.78 is 0. The first kappa shape index (κ1) is 12.3. The third-order valence-electron chi connectivity index (χ3n) is 1.98. The van der Waals surface area contributed by atoms with Crippen molar-refractivity contribution in [3.63, 3.8) is 0 Å². The van der Waals surface area contributed by atoms with E-state index in [-0.39, 0.29) is 12.5 Å². The standard InChI is InChI=1S/C13H15NO2/c1-2-13(16)14-12-9-4-3-7-11(12)8-5-6-10-15/h3-4,7,9,15H,2,6,10H2,1H3,(H,14,16). The second-order valence-corrected chi connectivity index (χ2v) is 3.22. The molecule has 0 aromatic heterocycles. The molecule has 1 rings (SSSR count). The largest absolute Gasteiger partial charge is 0.395 e. The van der Waals surface area contributed by atoms with E-state index in [0.717, 1.165) is 11.3 Å². The fourth-order valence-electron chi connectivity index (χ4n) is 1.15. The van der Waals surface area contributed by atoms with Crippen molar-refractivity contribution in [2.24, 2.45) is 0 Å². The molecule has 0 bridgehead atoms. The van der Waals surface area contributed by atoms with Crippen molar-refractivity contribution in [1.29, 1.82) is 0 Å². The third-order valence-corrected chi connectivity index (χ3v) is 1.98. The van der Waals surface area contributed by atoms with Crippen LogP contribution in [0, 0.1) is 11.8 Å². The molecule has 0 fully saturated rings. The van der Waals surface area contributed by atoms with E-state index in [1.54, 1.807) is 6.92 Å². The smallest absolute Gasteiger partial charge is 0.224 e. The molecule has 1 amide bonds. The molecule has 0 atom stereocenters. The normalized spacial score (nSPS) is 9.12. The lowest BCUT2D eigenvalue weighted by Crippen LogP contribution is -2.10. The van der Waals surface area contributed by atoms with E-state index in [0.29, 0.717) is 12.8 Å². The highest BCUT2D eigenvalue weighted by Crippen LogP contribution is 2.13. The molecule has 0 radical (unpaired) electrons. The Bertz CT molecular complexity index is 415. The lowest BCUT2D eigenvalue weighted by molar-refractivity contribution is -0.115. The molecule has 16 heavy (non-hydrogen) atoms. The van der Waals surface area contributed by atoms with Gasteiger partial charge in [0.05, 0.1) is 12.3 Å². The highest BCUT2D eigenvalue weighted by Gasteiger charge is 2.01. The number of hydrogen-bond acceptors (Lipinski definition) is 2. The van der Waals surface area contributed by atoms with Gasteiger partial charge >= 0.3 is 0 Å². The van der Waals surface area contributed by atoms with Crippen molar-refractivity contribution in [2.45, 2.75) is 19.8 Å². The Balaban J connectivity index is 2.84. The number of carbonyl (C=O) groups excluding carboxylic acids is 1. The Morgan fingerprint density at radius 2 is 2.19 bits per heavy atom. The summed E-state index contributed by atoms with van der Waals surface area (Å²) in [5.41, 5.74) is 1.50. The van der Waals surface area contributed by atoms with Crippen molar-refractivity contribution < 1.29 is 9.90 Å². The van der Waals surface area contributed by atoms with Gasteiger partial charge in [-0.3, -0.25) is 4.79 Å². The van der Waals surface area contributed by atoms with Gasteiger partial charge in [0.25, 0.3) is 0 Å². The number of nitrogens with one attached hydrogen (secondary N) is 1. The molecule has 0 aliphatic carbocycles. The minimum Gasteiger partial charge on any atom is -0.395 e. The van der Waals surface area contributed by atoms with Gasteiger partial charge in [0.2, 0.25) is 5.91 Å². The Kier molecular flexibility index (Phi) is 5.10. The molecule has 0 saturated carbocycles. The second kappa shape index (κ2) is 6.65. The van der Waals surface area contributed by atoms with E-state index in [1.165, 1.54) is 0 Å². The van der Waals surface area contributed by atoms with Gasteiger partial charge in [-0.1, -0.05) is 30.9 Å². The zero-order valence-electron chi connectivity index (χ0n) is 9.29. The van der Waals surface area contributed by atoms with Crippen LogP contribution in [0.25, 0.3) is 0 Å². The highest BCUT2D eigenvalue weighted by molar-refractivity contribution is 5.91. The maximum atomic E-state index is 11.3. The Hall–Kier alpha value is -1.79. The van der Waals surface area contributed by atoms with Gasteiger partial charge in [-0.15, -0.1) is 0 Å². The van der Waals surface area contributed by atoms with Crippen LogP contribution in [0.5, 0.6) is 0 Å². The van der Waals surface area contributed by atoms with Gasteiger partial charge in [-0.05, 0) is 12.1 Å². The summed E-state index contributed by atoms with van der Waals surface area (Å²) in [5, 5.41) is 11.4. The van der Waals surface area contributed by atoms with Crippen LogP contribution in [0.3, 0.4) is 0 Å². The monoisotopic (exact) mass is 217 g/mol. The molecule has 2 N–H and O–H groups in total. The van der Waals surface area contributed by atoms with Gasteiger partial charge in [-0.25, -0.2) is 0 Å². The fraction of sp³-hybridized carbons (Fsp3) is 0.308. The molecule has 0 unspecified atom stereocenters. The predicted octanol–water partition coefficient (Wildman–Crippen LogP) is 1.77. The van der Waals surface area contributed by atoms with E-state index >= 15 is 0 Å². The third kappa shape index (κ3) is 3.76. The second-order valence-electron chi connectivity index (χ2n) is 3.22. The minimum absolute atomic E-state index is 0.0311. The molecule has 0 heterocycles. The molecule has 0 saturated heterocycles. The minimum atomic E-state index is -0.0311. The Morgan fingerprint density at radius 1 is 1.44 bits per heavy atom. The van der Waals surface area contributed by atoms with Crippen molar-refractivity contribution in [1.82, 2.24) is 0 Å². The van der Waals surface area contributed by atoms with Crippen LogP contribution in [-0.2, 0) is 4.79 Å². The number of para-hydroxylation sites is 1. The van der Waals surface area contributed by atoms with Gasteiger partial charge < -0.3 is 10.4 Å². The summed E-state index contributed by atoms with van der Waals surface area (Å²) in [7, 11) is 0. The molecule has 3 nitrogen and oxygen atoms in total. The maximum Gasteiger partial charge on any atom is 0.224 e. The van der Waals surface area contributed by atoms with Crippen molar-refractivity contribution >= 4 is 11.6 Å². The van der Waals surface area contributed by atoms with E-state index in [4.69, 9.17) is 5.11 Å². The molecule has 3 heteroatoms. The highest BCUT2D eigenvalue weighted by atomic mass is 16.2. The van der Waals surface area contributed by atoms with Crippen molar-refractivity contribution in [3.05, 3.63) is 29.8 Å². The van der Waals surface area contributed by atoms with E-state index in [2.05, 4.69) is 17.2 Å². The zero-order valence-corrected chi connectivity index (χ0v) is 9.29. The maximum absolute atomic E-state index is 11.3. The molecule has 1 aromatic rings. The van der Waals surface area contributed by atoms with Crippen molar-refractivity contribution in [3.8, 4) is 11.8 Å². The van der Waals surface area contributed by atoms with Crippen molar-refractivity contribution in [2.75, 3.05) is 11.9 Å². The van der Waals surface area contributed by atoms with Gasteiger partial charge in [0, 0.05) is 18.4 Å². The first-order chi connectivity index (χ1) is 7.77. The average molecular weight is 217 g/mol. The summed E-state index contributed by atoms with van der Waals surface area (Å²) >= 11 is 0. The average Bonchev–Trinajstić information content (AvgIpc) is 2.31. The lowest BCUT2D eigenvalue weighted by Gasteiger charge is -2.05. The van der Waals surface area contributed by atoms with Crippen LogP contribution >= 0.6 is 0 Å². The number of amides is 1. The molecular weight excluding hydrogens is 202 g/mol. The Labute approximate surface area is 95.5 Å². The Morgan fingerprint density at radius 3 is 2.88 bits per heavy atom. The SMILES string of the molecule is CCC(=O)Nc1ccccc1C#CCCO. The molecule has 0 spiro atoms. The quantitative estimate of drug-likeness (QED) is 0.758. The molecular formula is C13H15NO2. The zero-order chi connectivity index (χ0) is 11.8. The summed E-state index contributed by atoms with van der Waals surface area (Å²) in [6.45, 7) is 1.85. The number of anilines is 1. The first-order valence-electron chi connectivity index (χ1n) is 5.26. The molecule has 1 aromatic carbocycles. The number of aliphatic hydroxyl groups is 1. The molecule has 0 aliphatic rings. The van der Waals surface area contributed by atoms with E-state index in [9.17, 15) is 4.79 Å². The molecule has 0 aliphatic heterocycles. The topological polar surface area (TPSA) is 49.3 Å². The van der Waals surface area contributed by atoms with Crippen LogP contribution in [0.4, 0.5) is 5.69 Å². The summed E-state index contributed by atoms with van der Waals surface area (Å²) in [5.74, 6) is 5.72.